The molecule has 1 aliphatic rings. The van der Waals surface area contributed by atoms with E-state index >= 15 is 0 Å². The topological polar surface area (TPSA) is 29.5 Å². The van der Waals surface area contributed by atoms with Crippen LogP contribution in [0.1, 0.15) is 5.56 Å². The largest absolute Gasteiger partial charge is 0.368 e. The number of hydrogen-bond acceptors (Lipinski definition) is 3. The number of carbonyl (C=O) groups excluding carboxylic acids is 1. The zero-order chi connectivity index (χ0) is 13.1. The molecule has 0 aliphatic carbocycles. The smallest absolute Gasteiger partial charge is 0.167 e. The van der Waals surface area contributed by atoms with Crippen molar-refractivity contribution < 1.29 is 18.3 Å². The monoisotopic (exact) mass is 255 g/mol. The summed E-state index contributed by atoms with van der Waals surface area (Å²) >= 11 is 0. The van der Waals surface area contributed by atoms with Gasteiger partial charge in [0.2, 0.25) is 0 Å². The van der Waals surface area contributed by atoms with E-state index in [4.69, 9.17) is 4.74 Å². The fraction of sp³-hybridized carbons (Fsp3) is 0.462. The Hall–Kier alpha value is -1.33. The molecule has 0 spiro atoms. The van der Waals surface area contributed by atoms with Gasteiger partial charge in [-0.1, -0.05) is 6.07 Å². The summed E-state index contributed by atoms with van der Waals surface area (Å²) in [6.45, 7) is 1.80. The number of Topliss-reactive ketones (excluding diaryl/α,β-unsaturated/α-hetero) is 1. The third-order valence-electron chi connectivity index (χ3n) is 3.01. The van der Waals surface area contributed by atoms with Crippen LogP contribution in [0.4, 0.5) is 8.78 Å². The normalized spacial score (nSPS) is 20.9. The second kappa shape index (κ2) is 5.54. The van der Waals surface area contributed by atoms with Crippen LogP contribution in [0.15, 0.2) is 18.2 Å². The lowest BCUT2D eigenvalue weighted by molar-refractivity contribution is -0.134. The second-order valence-corrected chi connectivity index (χ2v) is 4.50. The van der Waals surface area contributed by atoms with Gasteiger partial charge in [-0.2, -0.15) is 0 Å². The minimum absolute atomic E-state index is 0.0649. The van der Waals surface area contributed by atoms with Crippen molar-refractivity contribution in [2.45, 2.75) is 12.5 Å². The predicted molar refractivity (Wildman–Crippen MR) is 62.3 cm³/mol. The van der Waals surface area contributed by atoms with E-state index < -0.39 is 17.7 Å². The van der Waals surface area contributed by atoms with E-state index in [0.29, 0.717) is 13.2 Å². The summed E-state index contributed by atoms with van der Waals surface area (Å²) in [5.74, 6) is -1.50. The molecule has 1 fully saturated rings. The molecule has 2 rings (SSSR count). The summed E-state index contributed by atoms with van der Waals surface area (Å²) in [5.41, 5.74) is 0.207. The first-order valence-electron chi connectivity index (χ1n) is 5.83. The summed E-state index contributed by atoms with van der Waals surface area (Å²) in [4.78, 5) is 13.9. The highest BCUT2D eigenvalue weighted by molar-refractivity contribution is 5.85. The third-order valence-corrected chi connectivity index (χ3v) is 3.01. The van der Waals surface area contributed by atoms with Crippen molar-refractivity contribution in [2.75, 3.05) is 26.7 Å². The van der Waals surface area contributed by atoms with Crippen molar-refractivity contribution >= 4 is 5.78 Å². The molecular weight excluding hydrogens is 240 g/mol. The lowest BCUT2D eigenvalue weighted by atomic mass is 10.0. The number of hydrogen-bond donors (Lipinski definition) is 0. The first-order chi connectivity index (χ1) is 8.56. The van der Waals surface area contributed by atoms with Gasteiger partial charge in [-0.3, -0.25) is 4.79 Å². The van der Waals surface area contributed by atoms with Gasteiger partial charge >= 0.3 is 0 Å². The number of rotatable bonds is 3. The van der Waals surface area contributed by atoms with E-state index in [1.807, 2.05) is 11.9 Å². The predicted octanol–water partition coefficient (Wildman–Crippen LogP) is 1.41. The quantitative estimate of drug-likeness (QED) is 0.818. The van der Waals surface area contributed by atoms with Crippen LogP contribution in [-0.2, 0) is 16.0 Å². The van der Waals surface area contributed by atoms with Crippen molar-refractivity contribution in [1.29, 1.82) is 0 Å². The van der Waals surface area contributed by atoms with Crippen LogP contribution in [0.5, 0.6) is 0 Å². The number of carbonyl (C=O) groups is 1. The number of benzene rings is 1. The fourth-order valence-corrected chi connectivity index (χ4v) is 1.94. The minimum atomic E-state index is -0.687. The van der Waals surface area contributed by atoms with Crippen LogP contribution in [0, 0.1) is 11.6 Å². The summed E-state index contributed by atoms with van der Waals surface area (Å²) in [6.07, 6.45) is -0.585. The van der Waals surface area contributed by atoms with Gasteiger partial charge < -0.3 is 9.64 Å². The molecule has 3 nitrogen and oxygen atoms in total. The van der Waals surface area contributed by atoms with Crippen molar-refractivity contribution in [3.8, 4) is 0 Å². The van der Waals surface area contributed by atoms with Crippen molar-refractivity contribution in [1.82, 2.24) is 4.90 Å². The Kier molecular flexibility index (Phi) is 4.04. The van der Waals surface area contributed by atoms with Gasteiger partial charge in [0.05, 0.1) is 6.61 Å². The number of nitrogens with zero attached hydrogens (tertiary/aromatic N) is 1. The van der Waals surface area contributed by atoms with Crippen LogP contribution >= 0.6 is 0 Å². The number of halogens is 2. The lowest BCUT2D eigenvalue weighted by Gasteiger charge is -2.29. The minimum Gasteiger partial charge on any atom is -0.368 e. The summed E-state index contributed by atoms with van der Waals surface area (Å²) in [5, 5.41) is 0. The highest BCUT2D eigenvalue weighted by atomic mass is 19.1. The van der Waals surface area contributed by atoms with E-state index in [1.54, 1.807) is 0 Å². The Morgan fingerprint density at radius 1 is 1.50 bits per heavy atom. The average molecular weight is 255 g/mol. The molecule has 1 unspecified atom stereocenters. The lowest BCUT2D eigenvalue weighted by Crippen LogP contribution is -2.44. The van der Waals surface area contributed by atoms with Gasteiger partial charge in [-0.05, 0) is 18.7 Å². The zero-order valence-corrected chi connectivity index (χ0v) is 10.2. The molecule has 98 valence electrons. The number of ether oxygens (including phenoxy) is 1. The Morgan fingerprint density at radius 2 is 2.28 bits per heavy atom. The van der Waals surface area contributed by atoms with E-state index in [2.05, 4.69) is 0 Å². The molecule has 1 atom stereocenters. The van der Waals surface area contributed by atoms with E-state index in [1.165, 1.54) is 6.07 Å². The molecule has 0 bridgehead atoms. The fourth-order valence-electron chi connectivity index (χ4n) is 1.94. The highest BCUT2D eigenvalue weighted by Crippen LogP contribution is 2.13. The SMILES string of the molecule is CN1CCOC(C(=O)Cc2ccc(F)cc2F)C1. The molecule has 1 heterocycles. The molecule has 1 aromatic rings. The van der Waals surface area contributed by atoms with Crippen molar-refractivity contribution in [3.63, 3.8) is 0 Å². The van der Waals surface area contributed by atoms with Gasteiger partial charge in [0, 0.05) is 25.6 Å². The molecule has 1 aliphatic heterocycles. The van der Waals surface area contributed by atoms with Crippen molar-refractivity contribution in [2.24, 2.45) is 0 Å². The standard InChI is InChI=1S/C13H15F2NO2/c1-16-4-5-18-13(8-16)12(17)6-9-2-3-10(14)7-11(9)15/h2-3,7,13H,4-6,8H2,1H3. The Morgan fingerprint density at radius 3 is 2.94 bits per heavy atom. The van der Waals surface area contributed by atoms with Gasteiger partial charge in [0.25, 0.3) is 0 Å². The molecule has 0 radical (unpaired) electrons. The maximum Gasteiger partial charge on any atom is 0.167 e. The zero-order valence-electron chi connectivity index (χ0n) is 10.2. The molecule has 1 aromatic carbocycles. The third kappa shape index (κ3) is 3.11. The molecule has 0 saturated carbocycles. The maximum absolute atomic E-state index is 13.4. The maximum atomic E-state index is 13.4. The first-order valence-corrected chi connectivity index (χ1v) is 5.83. The molecular formula is C13H15F2NO2. The van der Waals surface area contributed by atoms with Crippen molar-refractivity contribution in [3.05, 3.63) is 35.4 Å². The Labute approximate surface area is 104 Å². The van der Waals surface area contributed by atoms with Crippen LogP contribution < -0.4 is 0 Å². The van der Waals surface area contributed by atoms with Crippen LogP contribution in [-0.4, -0.2) is 43.5 Å². The van der Waals surface area contributed by atoms with Gasteiger partial charge in [-0.25, -0.2) is 8.78 Å². The van der Waals surface area contributed by atoms with Gasteiger partial charge in [-0.15, -0.1) is 0 Å². The van der Waals surface area contributed by atoms with Gasteiger partial charge in [0.15, 0.2) is 5.78 Å². The van der Waals surface area contributed by atoms with Crippen LogP contribution in [0.2, 0.25) is 0 Å². The second-order valence-electron chi connectivity index (χ2n) is 4.50. The van der Waals surface area contributed by atoms with Crippen LogP contribution in [0.25, 0.3) is 0 Å². The summed E-state index contributed by atoms with van der Waals surface area (Å²) < 4.78 is 31.5. The van der Waals surface area contributed by atoms with E-state index in [0.717, 1.165) is 18.7 Å². The van der Waals surface area contributed by atoms with E-state index in [9.17, 15) is 13.6 Å². The highest BCUT2D eigenvalue weighted by Gasteiger charge is 2.25. The Bertz CT molecular complexity index is 451. The van der Waals surface area contributed by atoms with Gasteiger partial charge in [0.1, 0.15) is 17.7 Å². The molecule has 0 aromatic heterocycles. The first kappa shape index (κ1) is 13.1. The number of morpholine rings is 1. The Balaban J connectivity index is 2.02. The molecule has 0 N–H and O–H groups in total. The van der Waals surface area contributed by atoms with Crippen LogP contribution in [0.3, 0.4) is 0 Å². The summed E-state index contributed by atoms with van der Waals surface area (Å²) in [7, 11) is 1.90. The average Bonchev–Trinajstić information content (AvgIpc) is 2.32. The molecule has 1 saturated heterocycles. The number of ketones is 1. The molecule has 0 amide bonds. The molecule has 18 heavy (non-hydrogen) atoms. The number of likely N-dealkylation sites (N-methyl/N-ethyl adjacent to an activating group) is 1. The summed E-state index contributed by atoms with van der Waals surface area (Å²) in [6, 6.07) is 3.24. The molecule has 5 heteroatoms. The van der Waals surface area contributed by atoms with E-state index in [-0.39, 0.29) is 17.8 Å².